The standard InChI is InChI=1S/C28H32N4O3.2ClH/c29-19-20-9-11-22(12-10-20)27(33)32-26(28(34)31-23-13-15-30-16-14-23)18-21-5-4-8-25(17-21)35-24-6-2-1-3-7-24;;/h1-8,13-17,20,22,26H,9-12,18-19,29H2,(H,32,33)(H,30,31,34);2*1H/t20-,22-,26?;;. The van der Waals surface area contributed by atoms with Crippen molar-refractivity contribution in [2.45, 2.75) is 38.1 Å². The maximum absolute atomic E-state index is 13.2. The molecule has 0 radical (unpaired) electrons. The number of halogens is 2. The van der Waals surface area contributed by atoms with Gasteiger partial charge >= 0.3 is 0 Å². The SMILES string of the molecule is Cl.Cl.NC[C@H]1CC[C@H](C(=O)NC(Cc2cccc(Oc3ccccc3)c2)C(=O)Nc2ccncc2)CC1. The van der Waals surface area contributed by atoms with Crippen LogP contribution in [-0.4, -0.2) is 29.4 Å². The van der Waals surface area contributed by atoms with E-state index in [1.807, 2.05) is 54.6 Å². The molecule has 0 aliphatic heterocycles. The van der Waals surface area contributed by atoms with Crippen LogP contribution in [0.1, 0.15) is 31.2 Å². The molecule has 4 N–H and O–H groups in total. The molecule has 1 fully saturated rings. The predicted molar refractivity (Wildman–Crippen MR) is 150 cm³/mol. The van der Waals surface area contributed by atoms with Crippen LogP contribution in [0.4, 0.5) is 5.69 Å². The van der Waals surface area contributed by atoms with E-state index >= 15 is 0 Å². The molecule has 4 rings (SSSR count). The van der Waals surface area contributed by atoms with Gasteiger partial charge in [0.15, 0.2) is 0 Å². The van der Waals surface area contributed by atoms with Gasteiger partial charge in [0, 0.05) is 30.4 Å². The molecule has 0 bridgehead atoms. The second-order valence-electron chi connectivity index (χ2n) is 9.01. The minimum absolute atomic E-state index is 0. The highest BCUT2D eigenvalue weighted by Gasteiger charge is 2.29. The normalized spacial score (nSPS) is 17.3. The summed E-state index contributed by atoms with van der Waals surface area (Å²) in [5.41, 5.74) is 7.32. The Morgan fingerprint density at radius 3 is 2.27 bits per heavy atom. The first-order chi connectivity index (χ1) is 17.1. The number of anilines is 1. The molecule has 0 spiro atoms. The quantitative estimate of drug-likeness (QED) is 0.345. The Labute approximate surface area is 230 Å². The molecule has 1 aliphatic rings. The van der Waals surface area contributed by atoms with Gasteiger partial charge in [-0.1, -0.05) is 30.3 Å². The van der Waals surface area contributed by atoms with Crippen molar-refractivity contribution in [3.8, 4) is 11.5 Å². The van der Waals surface area contributed by atoms with Gasteiger partial charge in [0.1, 0.15) is 17.5 Å². The first-order valence-corrected chi connectivity index (χ1v) is 12.1. The summed E-state index contributed by atoms with van der Waals surface area (Å²) in [5, 5.41) is 5.92. The summed E-state index contributed by atoms with van der Waals surface area (Å²) in [6.45, 7) is 0.659. The van der Waals surface area contributed by atoms with Gasteiger partial charge in [0.2, 0.25) is 11.8 Å². The van der Waals surface area contributed by atoms with Crippen molar-refractivity contribution in [2.24, 2.45) is 17.6 Å². The van der Waals surface area contributed by atoms with Crippen LogP contribution in [0.15, 0.2) is 79.1 Å². The van der Waals surface area contributed by atoms with Gasteiger partial charge in [-0.25, -0.2) is 0 Å². The van der Waals surface area contributed by atoms with Crippen LogP contribution in [0.25, 0.3) is 0 Å². The Morgan fingerprint density at radius 2 is 1.59 bits per heavy atom. The fourth-order valence-corrected chi connectivity index (χ4v) is 4.42. The van der Waals surface area contributed by atoms with Crippen LogP contribution in [0.5, 0.6) is 11.5 Å². The number of hydrogen-bond donors (Lipinski definition) is 3. The first kappa shape index (κ1) is 30.1. The van der Waals surface area contributed by atoms with Crippen LogP contribution in [0, 0.1) is 11.8 Å². The lowest BCUT2D eigenvalue weighted by molar-refractivity contribution is -0.130. The highest BCUT2D eigenvalue weighted by Crippen LogP contribution is 2.28. The van der Waals surface area contributed by atoms with Crippen molar-refractivity contribution in [3.05, 3.63) is 84.7 Å². The number of nitrogens with two attached hydrogens (primary N) is 1. The van der Waals surface area contributed by atoms with Crippen LogP contribution >= 0.6 is 24.8 Å². The van der Waals surface area contributed by atoms with Crippen molar-refractivity contribution < 1.29 is 14.3 Å². The molecule has 1 heterocycles. The number of nitrogens with one attached hydrogen (secondary N) is 2. The Balaban J connectivity index is 0.00000241. The van der Waals surface area contributed by atoms with Gasteiger partial charge in [-0.3, -0.25) is 14.6 Å². The van der Waals surface area contributed by atoms with E-state index in [0.717, 1.165) is 37.0 Å². The number of para-hydroxylation sites is 1. The van der Waals surface area contributed by atoms with Crippen LogP contribution in [0.3, 0.4) is 0 Å². The summed E-state index contributed by atoms with van der Waals surface area (Å²) in [4.78, 5) is 30.3. The van der Waals surface area contributed by atoms with E-state index in [1.165, 1.54) is 0 Å². The van der Waals surface area contributed by atoms with Gasteiger partial charge < -0.3 is 21.1 Å². The Hall–Kier alpha value is -3.13. The monoisotopic (exact) mass is 544 g/mol. The van der Waals surface area contributed by atoms with Crippen molar-refractivity contribution in [1.82, 2.24) is 10.3 Å². The van der Waals surface area contributed by atoms with Crippen LogP contribution < -0.4 is 21.1 Å². The number of amides is 2. The molecule has 198 valence electrons. The summed E-state index contributed by atoms with van der Waals surface area (Å²) in [6.07, 6.45) is 7.06. The van der Waals surface area contributed by atoms with Crippen molar-refractivity contribution in [2.75, 3.05) is 11.9 Å². The number of aromatic nitrogens is 1. The van der Waals surface area contributed by atoms with E-state index in [1.54, 1.807) is 24.5 Å². The Kier molecular flexibility index (Phi) is 12.4. The fourth-order valence-electron chi connectivity index (χ4n) is 4.42. The van der Waals surface area contributed by atoms with E-state index in [9.17, 15) is 9.59 Å². The van der Waals surface area contributed by atoms with Gasteiger partial charge in [0.25, 0.3) is 0 Å². The zero-order valence-corrected chi connectivity index (χ0v) is 22.2. The van der Waals surface area contributed by atoms with E-state index in [0.29, 0.717) is 30.3 Å². The number of carbonyl (C=O) groups excluding carboxylic acids is 2. The maximum Gasteiger partial charge on any atom is 0.247 e. The molecule has 1 saturated carbocycles. The van der Waals surface area contributed by atoms with Crippen molar-refractivity contribution in [3.63, 3.8) is 0 Å². The lowest BCUT2D eigenvalue weighted by atomic mass is 9.81. The zero-order chi connectivity index (χ0) is 24.5. The van der Waals surface area contributed by atoms with E-state index in [4.69, 9.17) is 10.5 Å². The number of nitrogens with zero attached hydrogens (tertiary/aromatic N) is 1. The zero-order valence-electron chi connectivity index (χ0n) is 20.5. The van der Waals surface area contributed by atoms with E-state index in [2.05, 4.69) is 15.6 Å². The second kappa shape index (κ2) is 15.2. The number of hydrogen-bond acceptors (Lipinski definition) is 5. The minimum Gasteiger partial charge on any atom is -0.457 e. The average Bonchev–Trinajstić information content (AvgIpc) is 2.89. The van der Waals surface area contributed by atoms with E-state index < -0.39 is 6.04 Å². The molecular weight excluding hydrogens is 511 g/mol. The summed E-state index contributed by atoms with van der Waals surface area (Å²) in [6, 6.07) is 19.8. The van der Waals surface area contributed by atoms with Crippen molar-refractivity contribution >= 4 is 42.3 Å². The molecule has 9 heteroatoms. The molecule has 37 heavy (non-hydrogen) atoms. The smallest absolute Gasteiger partial charge is 0.247 e. The molecule has 0 saturated heterocycles. The molecule has 1 unspecified atom stereocenters. The largest absolute Gasteiger partial charge is 0.457 e. The lowest BCUT2D eigenvalue weighted by Gasteiger charge is -2.28. The third-order valence-electron chi connectivity index (χ3n) is 6.45. The summed E-state index contributed by atoms with van der Waals surface area (Å²) >= 11 is 0. The fraction of sp³-hybridized carbons (Fsp3) is 0.321. The predicted octanol–water partition coefficient (Wildman–Crippen LogP) is 5.15. The Morgan fingerprint density at radius 1 is 0.919 bits per heavy atom. The first-order valence-electron chi connectivity index (χ1n) is 12.1. The summed E-state index contributed by atoms with van der Waals surface area (Å²) in [5.74, 6) is 1.45. The third-order valence-corrected chi connectivity index (χ3v) is 6.45. The minimum atomic E-state index is -0.727. The van der Waals surface area contributed by atoms with Gasteiger partial charge in [-0.2, -0.15) is 0 Å². The molecule has 7 nitrogen and oxygen atoms in total. The summed E-state index contributed by atoms with van der Waals surface area (Å²) < 4.78 is 5.95. The molecule has 2 amide bonds. The highest BCUT2D eigenvalue weighted by molar-refractivity contribution is 5.97. The number of rotatable bonds is 9. The molecule has 1 atom stereocenters. The van der Waals surface area contributed by atoms with Gasteiger partial charge in [-0.05, 0) is 80.1 Å². The van der Waals surface area contributed by atoms with Crippen molar-refractivity contribution in [1.29, 1.82) is 0 Å². The lowest BCUT2D eigenvalue weighted by Crippen LogP contribution is -2.48. The van der Waals surface area contributed by atoms with Crippen LogP contribution in [0.2, 0.25) is 0 Å². The van der Waals surface area contributed by atoms with E-state index in [-0.39, 0.29) is 42.5 Å². The second-order valence-corrected chi connectivity index (χ2v) is 9.01. The molecule has 1 aromatic heterocycles. The number of carbonyl (C=O) groups is 2. The van der Waals surface area contributed by atoms with Gasteiger partial charge in [-0.15, -0.1) is 24.8 Å². The molecule has 2 aromatic carbocycles. The third kappa shape index (κ3) is 9.04. The summed E-state index contributed by atoms with van der Waals surface area (Å²) in [7, 11) is 0. The molecule has 3 aromatic rings. The number of benzene rings is 2. The molecule has 1 aliphatic carbocycles. The Bertz CT molecular complexity index is 1110. The average molecular weight is 546 g/mol. The topological polar surface area (TPSA) is 106 Å². The number of pyridine rings is 1. The number of ether oxygens (including phenoxy) is 1. The van der Waals surface area contributed by atoms with Gasteiger partial charge in [0.05, 0.1) is 0 Å². The maximum atomic E-state index is 13.2. The highest BCUT2D eigenvalue weighted by atomic mass is 35.5. The van der Waals surface area contributed by atoms with Crippen LogP contribution in [-0.2, 0) is 16.0 Å². The molecular formula is C28H34Cl2N4O3.